The van der Waals surface area contributed by atoms with Crippen LogP contribution < -0.4 is 5.32 Å². The van der Waals surface area contributed by atoms with E-state index in [1.54, 1.807) is 0 Å². The molecule has 1 fully saturated rings. The lowest BCUT2D eigenvalue weighted by molar-refractivity contribution is 0.248. The van der Waals surface area contributed by atoms with Gasteiger partial charge in [-0.15, -0.1) is 0 Å². The highest BCUT2D eigenvalue weighted by Crippen LogP contribution is 2.18. The lowest BCUT2D eigenvalue weighted by atomic mass is 10.2. The third-order valence-electron chi connectivity index (χ3n) is 3.25. The Kier molecular flexibility index (Phi) is 6.20. The summed E-state index contributed by atoms with van der Waals surface area (Å²) in [6, 6.07) is 0.878. The number of nitrogens with zero attached hydrogens (tertiary/aromatic N) is 1. The van der Waals surface area contributed by atoms with E-state index in [4.69, 9.17) is 0 Å². The van der Waals surface area contributed by atoms with Crippen LogP contribution in [0.3, 0.4) is 0 Å². The van der Waals surface area contributed by atoms with E-state index in [2.05, 4.69) is 24.1 Å². The topological polar surface area (TPSA) is 15.3 Å². The van der Waals surface area contributed by atoms with Crippen molar-refractivity contribution in [2.45, 2.75) is 52.0 Å². The Morgan fingerprint density at radius 3 is 2.86 bits per heavy atom. The van der Waals surface area contributed by atoms with Crippen molar-refractivity contribution in [1.29, 1.82) is 0 Å². The van der Waals surface area contributed by atoms with Crippen LogP contribution in [0, 0.1) is 0 Å². The quantitative estimate of drug-likeness (QED) is 0.631. The van der Waals surface area contributed by atoms with Crippen molar-refractivity contribution >= 4 is 0 Å². The molecule has 0 aromatic carbocycles. The SMILES string of the molecule is CCCCNCCN1CCCC1CC. The van der Waals surface area contributed by atoms with Gasteiger partial charge in [0.1, 0.15) is 0 Å². The average molecular weight is 198 g/mol. The molecule has 0 amide bonds. The normalized spacial score (nSPS) is 23.1. The summed E-state index contributed by atoms with van der Waals surface area (Å²) < 4.78 is 0. The highest BCUT2D eigenvalue weighted by Gasteiger charge is 2.21. The second-order valence-corrected chi connectivity index (χ2v) is 4.34. The predicted octanol–water partition coefficient (Wildman–Crippen LogP) is 2.25. The molecule has 0 aromatic heterocycles. The van der Waals surface area contributed by atoms with Crippen LogP contribution in [-0.2, 0) is 0 Å². The maximum Gasteiger partial charge on any atom is 0.0110 e. The molecule has 1 N–H and O–H groups in total. The van der Waals surface area contributed by atoms with Crippen LogP contribution in [-0.4, -0.2) is 37.1 Å². The van der Waals surface area contributed by atoms with Gasteiger partial charge in [-0.3, -0.25) is 4.90 Å². The van der Waals surface area contributed by atoms with Gasteiger partial charge in [0.25, 0.3) is 0 Å². The third-order valence-corrected chi connectivity index (χ3v) is 3.25. The first-order valence-electron chi connectivity index (χ1n) is 6.33. The Morgan fingerprint density at radius 1 is 1.29 bits per heavy atom. The van der Waals surface area contributed by atoms with E-state index in [1.165, 1.54) is 58.3 Å². The zero-order valence-electron chi connectivity index (χ0n) is 9.89. The van der Waals surface area contributed by atoms with Gasteiger partial charge in [0.05, 0.1) is 0 Å². The molecule has 0 spiro atoms. The summed E-state index contributed by atoms with van der Waals surface area (Å²) in [6.45, 7) is 9.51. The zero-order chi connectivity index (χ0) is 10.2. The molecule has 2 nitrogen and oxygen atoms in total. The molecule has 2 heteroatoms. The average Bonchev–Trinajstić information content (AvgIpc) is 2.65. The van der Waals surface area contributed by atoms with E-state index in [0.29, 0.717) is 0 Å². The molecule has 0 saturated carbocycles. The van der Waals surface area contributed by atoms with Gasteiger partial charge in [-0.05, 0) is 38.8 Å². The Bertz CT molecular complexity index is 136. The minimum atomic E-state index is 0.878. The highest BCUT2D eigenvalue weighted by atomic mass is 15.2. The molecule has 1 heterocycles. The zero-order valence-corrected chi connectivity index (χ0v) is 9.89. The van der Waals surface area contributed by atoms with Gasteiger partial charge < -0.3 is 5.32 Å². The van der Waals surface area contributed by atoms with Crippen molar-refractivity contribution in [2.75, 3.05) is 26.2 Å². The Morgan fingerprint density at radius 2 is 2.14 bits per heavy atom. The molecule has 0 aliphatic carbocycles. The van der Waals surface area contributed by atoms with Crippen molar-refractivity contribution in [3.05, 3.63) is 0 Å². The van der Waals surface area contributed by atoms with Gasteiger partial charge in [-0.25, -0.2) is 0 Å². The van der Waals surface area contributed by atoms with Gasteiger partial charge >= 0.3 is 0 Å². The fourth-order valence-electron chi connectivity index (χ4n) is 2.30. The summed E-state index contributed by atoms with van der Waals surface area (Å²) in [7, 11) is 0. The van der Waals surface area contributed by atoms with Gasteiger partial charge in [0.15, 0.2) is 0 Å². The van der Waals surface area contributed by atoms with Crippen LogP contribution in [0.5, 0.6) is 0 Å². The summed E-state index contributed by atoms with van der Waals surface area (Å²) >= 11 is 0. The first-order valence-corrected chi connectivity index (χ1v) is 6.33. The molecule has 84 valence electrons. The van der Waals surface area contributed by atoms with Gasteiger partial charge in [0, 0.05) is 19.1 Å². The fourth-order valence-corrected chi connectivity index (χ4v) is 2.30. The molecule has 1 unspecified atom stereocenters. The van der Waals surface area contributed by atoms with Gasteiger partial charge in [0.2, 0.25) is 0 Å². The monoisotopic (exact) mass is 198 g/mol. The molecule has 0 aromatic rings. The Labute approximate surface area is 89.1 Å². The van der Waals surface area contributed by atoms with E-state index in [9.17, 15) is 0 Å². The van der Waals surface area contributed by atoms with Crippen LogP contribution >= 0.6 is 0 Å². The lowest BCUT2D eigenvalue weighted by Crippen LogP contribution is -2.35. The molecule has 1 aliphatic heterocycles. The smallest absolute Gasteiger partial charge is 0.0110 e. The van der Waals surface area contributed by atoms with Crippen molar-refractivity contribution in [2.24, 2.45) is 0 Å². The maximum atomic E-state index is 3.52. The van der Waals surface area contributed by atoms with Crippen molar-refractivity contribution in [3.8, 4) is 0 Å². The largest absolute Gasteiger partial charge is 0.315 e. The van der Waals surface area contributed by atoms with E-state index >= 15 is 0 Å². The number of unbranched alkanes of at least 4 members (excludes halogenated alkanes) is 1. The molecule has 1 atom stereocenters. The summed E-state index contributed by atoms with van der Waals surface area (Å²) in [4.78, 5) is 2.65. The fraction of sp³-hybridized carbons (Fsp3) is 1.00. The minimum Gasteiger partial charge on any atom is -0.315 e. The van der Waals surface area contributed by atoms with Crippen LogP contribution in [0.15, 0.2) is 0 Å². The first kappa shape index (κ1) is 12.0. The van der Waals surface area contributed by atoms with Gasteiger partial charge in [-0.2, -0.15) is 0 Å². The van der Waals surface area contributed by atoms with E-state index in [0.717, 1.165) is 6.04 Å². The van der Waals surface area contributed by atoms with Crippen LogP contribution in [0.2, 0.25) is 0 Å². The molecule has 1 aliphatic rings. The summed E-state index contributed by atoms with van der Waals surface area (Å²) in [5.41, 5.74) is 0. The molecule has 0 radical (unpaired) electrons. The second-order valence-electron chi connectivity index (χ2n) is 4.34. The molecular weight excluding hydrogens is 172 g/mol. The number of rotatable bonds is 7. The second kappa shape index (κ2) is 7.24. The molecular formula is C12H26N2. The number of likely N-dealkylation sites (tertiary alicyclic amines) is 1. The predicted molar refractivity (Wildman–Crippen MR) is 62.7 cm³/mol. The van der Waals surface area contributed by atoms with Crippen molar-refractivity contribution < 1.29 is 0 Å². The minimum absolute atomic E-state index is 0.878. The Hall–Kier alpha value is -0.0800. The third kappa shape index (κ3) is 3.97. The summed E-state index contributed by atoms with van der Waals surface area (Å²) in [5.74, 6) is 0. The summed E-state index contributed by atoms with van der Waals surface area (Å²) in [5, 5.41) is 3.52. The van der Waals surface area contributed by atoms with Crippen molar-refractivity contribution in [3.63, 3.8) is 0 Å². The standard InChI is InChI=1S/C12H26N2/c1-3-5-8-13-9-11-14-10-6-7-12(14)4-2/h12-13H,3-11H2,1-2H3. The van der Waals surface area contributed by atoms with Crippen LogP contribution in [0.25, 0.3) is 0 Å². The van der Waals surface area contributed by atoms with E-state index in [-0.39, 0.29) is 0 Å². The van der Waals surface area contributed by atoms with Crippen LogP contribution in [0.1, 0.15) is 46.0 Å². The van der Waals surface area contributed by atoms with Gasteiger partial charge in [-0.1, -0.05) is 20.3 Å². The van der Waals surface area contributed by atoms with Crippen molar-refractivity contribution in [1.82, 2.24) is 10.2 Å². The van der Waals surface area contributed by atoms with E-state index in [1.807, 2.05) is 0 Å². The number of hydrogen-bond acceptors (Lipinski definition) is 2. The first-order chi connectivity index (χ1) is 6.88. The lowest BCUT2D eigenvalue weighted by Gasteiger charge is -2.23. The molecule has 0 bridgehead atoms. The number of nitrogens with one attached hydrogen (secondary N) is 1. The Balaban J connectivity index is 2.00. The van der Waals surface area contributed by atoms with E-state index < -0.39 is 0 Å². The molecule has 1 rings (SSSR count). The molecule has 1 saturated heterocycles. The summed E-state index contributed by atoms with van der Waals surface area (Å²) in [6.07, 6.45) is 6.78. The number of hydrogen-bond donors (Lipinski definition) is 1. The van der Waals surface area contributed by atoms with Crippen LogP contribution in [0.4, 0.5) is 0 Å². The highest BCUT2D eigenvalue weighted by molar-refractivity contribution is 4.78. The maximum absolute atomic E-state index is 3.52. The molecule has 14 heavy (non-hydrogen) atoms.